The molecule has 1 rings (SSSR count). The highest BCUT2D eigenvalue weighted by Gasteiger charge is 2.15. The van der Waals surface area contributed by atoms with Crippen LogP contribution in [0.15, 0.2) is 24.3 Å². The SMILES string of the molecule is CC(CO)NCc1ccc([Si](C)(C)C)cc1. The number of nitrogens with one attached hydrogen (secondary N) is 1. The lowest BCUT2D eigenvalue weighted by atomic mass is 10.2. The quantitative estimate of drug-likeness (QED) is 0.764. The Morgan fingerprint density at radius 1 is 1.19 bits per heavy atom. The van der Waals surface area contributed by atoms with Gasteiger partial charge in [0.05, 0.1) is 14.7 Å². The fourth-order valence-electron chi connectivity index (χ4n) is 1.48. The van der Waals surface area contributed by atoms with Gasteiger partial charge in [0, 0.05) is 12.6 Å². The van der Waals surface area contributed by atoms with Crippen LogP contribution in [-0.4, -0.2) is 25.8 Å². The van der Waals surface area contributed by atoms with Crippen LogP contribution in [0.5, 0.6) is 0 Å². The Labute approximate surface area is 99.7 Å². The average molecular weight is 237 g/mol. The minimum Gasteiger partial charge on any atom is -0.395 e. The third-order valence-corrected chi connectivity index (χ3v) is 4.81. The maximum atomic E-state index is 8.91. The molecule has 0 saturated heterocycles. The van der Waals surface area contributed by atoms with E-state index in [0.29, 0.717) is 0 Å². The summed E-state index contributed by atoms with van der Waals surface area (Å²) in [5, 5.41) is 13.7. The van der Waals surface area contributed by atoms with Crippen molar-refractivity contribution in [3.63, 3.8) is 0 Å². The second-order valence-electron chi connectivity index (χ2n) is 5.41. The normalized spacial score (nSPS) is 13.8. The summed E-state index contributed by atoms with van der Waals surface area (Å²) in [6, 6.07) is 9.02. The van der Waals surface area contributed by atoms with Crippen LogP contribution in [-0.2, 0) is 6.54 Å². The third kappa shape index (κ3) is 4.08. The van der Waals surface area contributed by atoms with Gasteiger partial charge >= 0.3 is 0 Å². The summed E-state index contributed by atoms with van der Waals surface area (Å²) in [6.07, 6.45) is 0. The molecule has 0 bridgehead atoms. The first-order valence-electron chi connectivity index (χ1n) is 5.87. The maximum Gasteiger partial charge on any atom is 0.0775 e. The first kappa shape index (κ1) is 13.4. The van der Waals surface area contributed by atoms with Crippen LogP contribution in [0.1, 0.15) is 12.5 Å². The van der Waals surface area contributed by atoms with E-state index in [9.17, 15) is 0 Å². The summed E-state index contributed by atoms with van der Waals surface area (Å²) in [6.45, 7) is 10.1. The molecule has 0 fully saturated rings. The van der Waals surface area contributed by atoms with Gasteiger partial charge in [-0.15, -0.1) is 0 Å². The zero-order valence-corrected chi connectivity index (χ0v) is 11.7. The molecule has 2 nitrogen and oxygen atoms in total. The monoisotopic (exact) mass is 237 g/mol. The predicted molar refractivity (Wildman–Crippen MR) is 72.8 cm³/mol. The van der Waals surface area contributed by atoms with Crippen molar-refractivity contribution in [2.45, 2.75) is 39.2 Å². The summed E-state index contributed by atoms with van der Waals surface area (Å²) >= 11 is 0. The Hall–Kier alpha value is -0.643. The van der Waals surface area contributed by atoms with E-state index in [1.165, 1.54) is 10.8 Å². The molecular weight excluding hydrogens is 214 g/mol. The zero-order chi connectivity index (χ0) is 12.2. The summed E-state index contributed by atoms with van der Waals surface area (Å²) < 4.78 is 0. The molecule has 0 heterocycles. The molecule has 0 saturated carbocycles. The van der Waals surface area contributed by atoms with Crippen LogP contribution >= 0.6 is 0 Å². The van der Waals surface area contributed by atoms with Crippen molar-refractivity contribution in [1.82, 2.24) is 5.32 Å². The first-order valence-corrected chi connectivity index (χ1v) is 9.37. The molecule has 3 heteroatoms. The molecule has 90 valence electrons. The van der Waals surface area contributed by atoms with Gasteiger partial charge in [0.25, 0.3) is 0 Å². The molecule has 1 aromatic carbocycles. The average Bonchev–Trinajstić information content (AvgIpc) is 2.25. The van der Waals surface area contributed by atoms with E-state index in [2.05, 4.69) is 49.2 Å². The number of hydrogen-bond donors (Lipinski definition) is 2. The van der Waals surface area contributed by atoms with E-state index < -0.39 is 8.07 Å². The number of hydrogen-bond acceptors (Lipinski definition) is 2. The van der Waals surface area contributed by atoms with Crippen LogP contribution < -0.4 is 10.5 Å². The van der Waals surface area contributed by atoms with E-state index in [0.717, 1.165) is 6.54 Å². The van der Waals surface area contributed by atoms with Crippen molar-refractivity contribution in [3.8, 4) is 0 Å². The standard InChI is InChI=1S/C13H23NOSi/c1-11(10-15)14-9-12-5-7-13(8-6-12)16(2,3)4/h5-8,11,14-15H,9-10H2,1-4H3. The first-order chi connectivity index (χ1) is 7.43. The molecule has 0 aromatic heterocycles. The number of aliphatic hydroxyl groups excluding tert-OH is 1. The highest BCUT2D eigenvalue weighted by Crippen LogP contribution is 2.04. The molecule has 0 spiro atoms. The number of aliphatic hydroxyl groups is 1. The Balaban J connectivity index is 2.58. The molecule has 16 heavy (non-hydrogen) atoms. The van der Waals surface area contributed by atoms with Crippen LogP contribution in [0.25, 0.3) is 0 Å². The van der Waals surface area contributed by atoms with E-state index in [-0.39, 0.29) is 12.6 Å². The van der Waals surface area contributed by atoms with Gasteiger partial charge in [-0.2, -0.15) is 0 Å². The van der Waals surface area contributed by atoms with Crippen LogP contribution in [0.3, 0.4) is 0 Å². The molecule has 0 aliphatic carbocycles. The molecule has 0 aliphatic heterocycles. The predicted octanol–water partition coefficient (Wildman–Crippen LogP) is 1.70. The number of rotatable bonds is 5. The van der Waals surface area contributed by atoms with Crippen LogP contribution in [0, 0.1) is 0 Å². The van der Waals surface area contributed by atoms with E-state index in [1.54, 1.807) is 0 Å². The molecular formula is C13H23NOSi. The molecule has 0 aliphatic rings. The third-order valence-electron chi connectivity index (χ3n) is 2.75. The Kier molecular flexibility index (Phi) is 4.71. The molecule has 2 N–H and O–H groups in total. The van der Waals surface area contributed by atoms with Gasteiger partial charge in [0.1, 0.15) is 0 Å². The van der Waals surface area contributed by atoms with Crippen molar-refractivity contribution in [1.29, 1.82) is 0 Å². The maximum absolute atomic E-state index is 8.91. The van der Waals surface area contributed by atoms with Crippen molar-refractivity contribution in [2.24, 2.45) is 0 Å². The fraction of sp³-hybridized carbons (Fsp3) is 0.538. The zero-order valence-electron chi connectivity index (χ0n) is 10.7. The highest BCUT2D eigenvalue weighted by molar-refractivity contribution is 6.88. The molecule has 1 aromatic rings. The second-order valence-corrected chi connectivity index (χ2v) is 10.5. The molecule has 1 unspecified atom stereocenters. The summed E-state index contributed by atoms with van der Waals surface area (Å²) in [5.74, 6) is 0. The minimum absolute atomic E-state index is 0.164. The van der Waals surface area contributed by atoms with Crippen LogP contribution in [0.4, 0.5) is 0 Å². The van der Waals surface area contributed by atoms with Crippen molar-refractivity contribution in [2.75, 3.05) is 6.61 Å². The van der Waals surface area contributed by atoms with Crippen molar-refractivity contribution >= 4 is 13.3 Å². The Morgan fingerprint density at radius 3 is 2.19 bits per heavy atom. The summed E-state index contributed by atoms with van der Waals surface area (Å²) in [4.78, 5) is 0. The lowest BCUT2D eigenvalue weighted by Gasteiger charge is -2.17. The van der Waals surface area contributed by atoms with E-state index in [1.807, 2.05) is 6.92 Å². The topological polar surface area (TPSA) is 32.3 Å². The number of benzene rings is 1. The smallest absolute Gasteiger partial charge is 0.0775 e. The van der Waals surface area contributed by atoms with Gasteiger partial charge < -0.3 is 10.4 Å². The largest absolute Gasteiger partial charge is 0.395 e. The fourth-order valence-corrected chi connectivity index (χ4v) is 2.65. The Bertz CT molecular complexity index is 316. The summed E-state index contributed by atoms with van der Waals surface area (Å²) in [7, 11) is -1.17. The van der Waals surface area contributed by atoms with Crippen molar-refractivity contribution in [3.05, 3.63) is 29.8 Å². The summed E-state index contributed by atoms with van der Waals surface area (Å²) in [5.41, 5.74) is 1.28. The lowest BCUT2D eigenvalue weighted by molar-refractivity contribution is 0.251. The van der Waals surface area contributed by atoms with Gasteiger partial charge in [-0.3, -0.25) is 0 Å². The lowest BCUT2D eigenvalue weighted by Crippen LogP contribution is -2.37. The molecule has 0 amide bonds. The molecule has 1 atom stereocenters. The second kappa shape index (κ2) is 5.62. The van der Waals surface area contributed by atoms with E-state index in [4.69, 9.17) is 5.11 Å². The Morgan fingerprint density at radius 2 is 1.75 bits per heavy atom. The van der Waals surface area contributed by atoms with Gasteiger partial charge in [-0.25, -0.2) is 0 Å². The van der Waals surface area contributed by atoms with E-state index >= 15 is 0 Å². The van der Waals surface area contributed by atoms with Crippen molar-refractivity contribution < 1.29 is 5.11 Å². The van der Waals surface area contributed by atoms with Gasteiger partial charge in [-0.1, -0.05) is 49.1 Å². The van der Waals surface area contributed by atoms with Gasteiger partial charge in [-0.05, 0) is 12.5 Å². The van der Waals surface area contributed by atoms with Gasteiger partial charge in [0.2, 0.25) is 0 Å². The highest BCUT2D eigenvalue weighted by atomic mass is 28.3. The van der Waals surface area contributed by atoms with Crippen LogP contribution in [0.2, 0.25) is 19.6 Å². The molecule has 0 radical (unpaired) electrons. The van der Waals surface area contributed by atoms with Gasteiger partial charge in [0.15, 0.2) is 0 Å². The minimum atomic E-state index is -1.17.